The van der Waals surface area contributed by atoms with Crippen molar-refractivity contribution in [2.75, 3.05) is 11.9 Å². The van der Waals surface area contributed by atoms with Crippen LogP contribution in [0.4, 0.5) is 11.5 Å². The van der Waals surface area contributed by atoms with Gasteiger partial charge < -0.3 is 5.32 Å². The van der Waals surface area contributed by atoms with Crippen LogP contribution in [0.5, 0.6) is 0 Å². The molecule has 0 spiro atoms. The molecule has 0 aliphatic heterocycles. The van der Waals surface area contributed by atoms with E-state index in [1.54, 1.807) is 22.9 Å². The first-order valence-electron chi connectivity index (χ1n) is 6.89. The highest BCUT2D eigenvalue weighted by Gasteiger charge is 2.24. The van der Waals surface area contributed by atoms with Crippen molar-refractivity contribution in [3.63, 3.8) is 0 Å². The Kier molecular flexibility index (Phi) is 4.89. The molecule has 0 amide bonds. The Hall–Kier alpha value is -1.96. The maximum atomic E-state index is 11.2. The van der Waals surface area contributed by atoms with Gasteiger partial charge >= 0.3 is 5.69 Å². The van der Waals surface area contributed by atoms with Crippen LogP contribution in [-0.2, 0) is 13.0 Å². The van der Waals surface area contributed by atoms with Crippen molar-refractivity contribution in [3.8, 4) is 0 Å². The average Bonchev–Trinajstić information content (AvgIpc) is 2.94. The molecule has 8 heteroatoms. The van der Waals surface area contributed by atoms with Crippen LogP contribution in [0.3, 0.4) is 0 Å². The Morgan fingerprint density at radius 1 is 1.48 bits per heavy atom. The first kappa shape index (κ1) is 15.4. The Morgan fingerprint density at radius 3 is 2.81 bits per heavy atom. The monoisotopic (exact) mass is 309 g/mol. The van der Waals surface area contributed by atoms with E-state index in [0.29, 0.717) is 24.6 Å². The Labute approximate surface area is 127 Å². The van der Waals surface area contributed by atoms with E-state index in [-0.39, 0.29) is 10.6 Å². The molecule has 7 nitrogen and oxygen atoms in total. The third-order valence-corrected chi connectivity index (χ3v) is 3.88. The minimum Gasteiger partial charge on any atom is -0.364 e. The Balaban J connectivity index is 2.11. The second kappa shape index (κ2) is 6.66. The summed E-state index contributed by atoms with van der Waals surface area (Å²) in [5.41, 5.74) is 1.52. The third-order valence-electron chi connectivity index (χ3n) is 3.05. The summed E-state index contributed by atoms with van der Waals surface area (Å²) in [5.74, 6) is 0.492. The summed E-state index contributed by atoms with van der Waals surface area (Å²) in [5, 5.41) is 21.6. The number of thiazole rings is 1. The molecule has 0 bridgehead atoms. The van der Waals surface area contributed by atoms with Crippen LogP contribution in [0.1, 0.15) is 29.7 Å². The summed E-state index contributed by atoms with van der Waals surface area (Å²) in [4.78, 5) is 15.2. The maximum Gasteiger partial charge on any atom is 0.333 e. The molecular weight excluding hydrogens is 290 g/mol. The molecule has 0 unspecified atom stereocenters. The van der Waals surface area contributed by atoms with Gasteiger partial charge in [-0.15, -0.1) is 11.3 Å². The number of nitro groups is 1. The molecule has 1 N–H and O–H groups in total. The summed E-state index contributed by atoms with van der Waals surface area (Å²) >= 11 is 1.61. The molecule has 0 saturated carbocycles. The van der Waals surface area contributed by atoms with Gasteiger partial charge in [0.1, 0.15) is 5.69 Å². The number of nitrogens with zero attached hydrogens (tertiary/aromatic N) is 4. The van der Waals surface area contributed by atoms with Gasteiger partial charge in [-0.2, -0.15) is 5.10 Å². The number of hydrogen-bond donors (Lipinski definition) is 1. The summed E-state index contributed by atoms with van der Waals surface area (Å²) < 4.78 is 1.68. The van der Waals surface area contributed by atoms with Crippen molar-refractivity contribution < 1.29 is 4.92 Å². The van der Waals surface area contributed by atoms with Crippen LogP contribution in [0, 0.1) is 24.0 Å². The van der Waals surface area contributed by atoms with Gasteiger partial charge in [0.15, 0.2) is 0 Å². The van der Waals surface area contributed by atoms with Crippen molar-refractivity contribution in [3.05, 3.63) is 31.9 Å². The highest BCUT2D eigenvalue weighted by atomic mass is 32.1. The van der Waals surface area contributed by atoms with Crippen molar-refractivity contribution in [1.82, 2.24) is 14.8 Å². The zero-order chi connectivity index (χ0) is 15.4. The number of hydrogen-bond acceptors (Lipinski definition) is 6. The van der Waals surface area contributed by atoms with Crippen LogP contribution in [-0.4, -0.2) is 26.2 Å². The number of aryl methyl sites for hydroxylation is 3. The van der Waals surface area contributed by atoms with Crippen LogP contribution in [0.2, 0.25) is 0 Å². The molecule has 2 aromatic heterocycles. The van der Waals surface area contributed by atoms with Gasteiger partial charge in [-0.3, -0.25) is 10.1 Å². The van der Waals surface area contributed by atoms with Crippen molar-refractivity contribution in [1.29, 1.82) is 0 Å². The van der Waals surface area contributed by atoms with Gasteiger partial charge in [-0.1, -0.05) is 6.92 Å². The van der Waals surface area contributed by atoms with Crippen LogP contribution in [0.15, 0.2) is 5.38 Å². The van der Waals surface area contributed by atoms with E-state index < -0.39 is 0 Å². The van der Waals surface area contributed by atoms with Gasteiger partial charge in [-0.05, 0) is 20.3 Å². The predicted molar refractivity (Wildman–Crippen MR) is 83.0 cm³/mol. The second-order valence-corrected chi connectivity index (χ2v) is 5.86. The third kappa shape index (κ3) is 3.57. The van der Waals surface area contributed by atoms with Gasteiger partial charge in [-0.25, -0.2) is 9.67 Å². The first-order chi connectivity index (χ1) is 10.0. The molecule has 0 fully saturated rings. The highest BCUT2D eigenvalue weighted by Crippen LogP contribution is 2.28. The van der Waals surface area contributed by atoms with Crippen molar-refractivity contribution >= 4 is 22.8 Å². The lowest BCUT2D eigenvalue weighted by atomic mass is 10.3. The van der Waals surface area contributed by atoms with Gasteiger partial charge in [0.2, 0.25) is 5.82 Å². The fourth-order valence-electron chi connectivity index (χ4n) is 2.17. The van der Waals surface area contributed by atoms with E-state index >= 15 is 0 Å². The molecule has 2 aromatic rings. The SMILES string of the molecule is CCCn1nc(C)c([N+](=O)[O-])c1NCCc1csc(C)n1. The molecule has 0 atom stereocenters. The number of nitrogens with one attached hydrogen (secondary N) is 1. The summed E-state index contributed by atoms with van der Waals surface area (Å²) in [6.45, 7) is 6.90. The quantitative estimate of drug-likeness (QED) is 0.627. The summed E-state index contributed by atoms with van der Waals surface area (Å²) in [7, 11) is 0. The predicted octanol–water partition coefficient (Wildman–Crippen LogP) is 2.93. The van der Waals surface area contributed by atoms with E-state index in [0.717, 1.165) is 23.5 Å². The second-order valence-electron chi connectivity index (χ2n) is 4.80. The number of aromatic nitrogens is 3. The van der Waals surface area contributed by atoms with Crippen LogP contribution < -0.4 is 5.32 Å². The van der Waals surface area contributed by atoms with Gasteiger partial charge in [0.25, 0.3) is 0 Å². The van der Waals surface area contributed by atoms with Gasteiger partial charge in [0.05, 0.1) is 15.6 Å². The van der Waals surface area contributed by atoms with E-state index in [2.05, 4.69) is 15.4 Å². The van der Waals surface area contributed by atoms with E-state index in [1.807, 2.05) is 19.2 Å². The van der Waals surface area contributed by atoms with E-state index in [9.17, 15) is 10.1 Å². The smallest absolute Gasteiger partial charge is 0.333 e. The van der Waals surface area contributed by atoms with Crippen LogP contribution >= 0.6 is 11.3 Å². The molecule has 114 valence electrons. The number of rotatable bonds is 7. The molecular formula is C13H19N5O2S. The highest BCUT2D eigenvalue weighted by molar-refractivity contribution is 7.09. The Bertz CT molecular complexity index is 635. The fraction of sp³-hybridized carbons (Fsp3) is 0.538. The lowest BCUT2D eigenvalue weighted by molar-refractivity contribution is -0.384. The largest absolute Gasteiger partial charge is 0.364 e. The lowest BCUT2D eigenvalue weighted by Gasteiger charge is -2.07. The standard InChI is InChI=1S/C13H19N5O2S/c1-4-7-17-13(12(18(19)20)9(2)16-17)14-6-5-11-8-21-10(3)15-11/h8,14H,4-7H2,1-3H3. The Morgan fingerprint density at radius 2 is 2.24 bits per heavy atom. The normalized spacial score (nSPS) is 10.8. The number of anilines is 1. The lowest BCUT2D eigenvalue weighted by Crippen LogP contribution is -2.12. The molecule has 21 heavy (non-hydrogen) atoms. The average molecular weight is 309 g/mol. The molecule has 0 aliphatic carbocycles. The molecule has 0 aliphatic rings. The zero-order valence-electron chi connectivity index (χ0n) is 12.4. The minimum atomic E-state index is -0.371. The maximum absolute atomic E-state index is 11.2. The molecule has 2 heterocycles. The van der Waals surface area contributed by atoms with Gasteiger partial charge in [0, 0.05) is 24.9 Å². The van der Waals surface area contributed by atoms with E-state index in [1.165, 1.54) is 0 Å². The molecule has 0 radical (unpaired) electrons. The van der Waals surface area contributed by atoms with Crippen LogP contribution in [0.25, 0.3) is 0 Å². The fourth-order valence-corrected chi connectivity index (χ4v) is 2.82. The van der Waals surface area contributed by atoms with Crippen molar-refractivity contribution in [2.45, 2.75) is 40.2 Å². The van der Waals surface area contributed by atoms with E-state index in [4.69, 9.17) is 0 Å². The van der Waals surface area contributed by atoms with Crippen molar-refractivity contribution in [2.24, 2.45) is 0 Å². The molecule has 2 rings (SSSR count). The first-order valence-corrected chi connectivity index (χ1v) is 7.77. The summed E-state index contributed by atoms with van der Waals surface area (Å²) in [6.07, 6.45) is 1.61. The summed E-state index contributed by atoms with van der Waals surface area (Å²) in [6, 6.07) is 0. The zero-order valence-corrected chi connectivity index (χ0v) is 13.2. The minimum absolute atomic E-state index is 0.0675. The molecule has 0 saturated heterocycles. The topological polar surface area (TPSA) is 85.9 Å². The molecule has 0 aromatic carbocycles.